The Morgan fingerprint density at radius 3 is 2.44 bits per heavy atom. The van der Waals surface area contributed by atoms with Crippen LogP contribution < -0.4 is 0 Å². The number of aromatic nitrogens is 2. The molecule has 1 N–H and O–H groups in total. The molecule has 0 bridgehead atoms. The highest BCUT2D eigenvalue weighted by molar-refractivity contribution is 9.10. The molecule has 1 saturated carbocycles. The minimum atomic E-state index is -0.721. The largest absolute Gasteiger partial charge is 0.384 e. The van der Waals surface area contributed by atoms with E-state index in [1.807, 2.05) is 7.05 Å². The van der Waals surface area contributed by atoms with Crippen LogP contribution in [0.2, 0.25) is 0 Å². The van der Waals surface area contributed by atoms with Crippen LogP contribution >= 0.6 is 15.9 Å². The van der Waals surface area contributed by atoms with E-state index in [4.69, 9.17) is 0 Å². The summed E-state index contributed by atoms with van der Waals surface area (Å²) in [6.45, 7) is 4.43. The molecule has 1 aromatic rings. The van der Waals surface area contributed by atoms with Crippen molar-refractivity contribution in [2.45, 2.75) is 38.7 Å². The highest BCUT2D eigenvalue weighted by Crippen LogP contribution is 2.44. The highest BCUT2D eigenvalue weighted by atomic mass is 79.9. The van der Waals surface area contributed by atoms with E-state index < -0.39 is 5.60 Å². The maximum Gasteiger partial charge on any atom is 0.108 e. The summed E-state index contributed by atoms with van der Waals surface area (Å²) in [7, 11) is 1.89. The summed E-state index contributed by atoms with van der Waals surface area (Å²) in [6, 6.07) is 0. The zero-order valence-electron chi connectivity index (χ0n) is 10.1. The number of hydrogen-bond donors (Lipinski definition) is 1. The van der Waals surface area contributed by atoms with Crippen molar-refractivity contribution in [2.24, 2.45) is 18.9 Å². The summed E-state index contributed by atoms with van der Waals surface area (Å²) in [6.07, 6.45) is 4.62. The average molecular weight is 287 g/mol. The fourth-order valence-electron chi connectivity index (χ4n) is 3.22. The fourth-order valence-corrected chi connectivity index (χ4v) is 3.93. The molecule has 1 fully saturated rings. The van der Waals surface area contributed by atoms with Crippen molar-refractivity contribution in [3.63, 3.8) is 0 Å². The molecule has 0 aliphatic heterocycles. The van der Waals surface area contributed by atoms with Gasteiger partial charge in [-0.25, -0.2) is 0 Å². The molecule has 3 nitrogen and oxygen atoms in total. The second kappa shape index (κ2) is 4.15. The lowest BCUT2D eigenvalue weighted by atomic mass is 9.72. The number of aliphatic hydroxyl groups is 1. The second-order valence-corrected chi connectivity index (χ2v) is 6.20. The summed E-state index contributed by atoms with van der Waals surface area (Å²) < 4.78 is 2.70. The lowest BCUT2D eigenvalue weighted by Gasteiger charge is -2.39. The van der Waals surface area contributed by atoms with Crippen molar-refractivity contribution in [1.82, 2.24) is 9.78 Å². The van der Waals surface area contributed by atoms with Gasteiger partial charge in [-0.1, -0.05) is 13.8 Å². The third-order valence-corrected chi connectivity index (χ3v) is 4.09. The molecule has 0 saturated heterocycles. The minimum Gasteiger partial charge on any atom is -0.384 e. The standard InChI is InChI=1S/C12H19BrN2O/c1-8-4-9(2)6-12(16,5-8)11-10(13)7-14-15(11)3/h7-9,16H,4-6H2,1-3H3. The van der Waals surface area contributed by atoms with Gasteiger partial charge in [-0.3, -0.25) is 4.68 Å². The van der Waals surface area contributed by atoms with Crippen molar-refractivity contribution in [1.29, 1.82) is 0 Å². The van der Waals surface area contributed by atoms with Gasteiger partial charge in [0, 0.05) is 7.05 Å². The first-order valence-electron chi connectivity index (χ1n) is 5.83. The zero-order chi connectivity index (χ0) is 11.9. The van der Waals surface area contributed by atoms with Crippen LogP contribution in [0.1, 0.15) is 38.8 Å². The Kier molecular flexibility index (Phi) is 3.14. The van der Waals surface area contributed by atoms with Crippen LogP contribution in [0, 0.1) is 11.8 Å². The number of hydrogen-bond acceptors (Lipinski definition) is 2. The summed E-state index contributed by atoms with van der Waals surface area (Å²) in [4.78, 5) is 0. The molecule has 1 aliphatic rings. The Morgan fingerprint density at radius 1 is 1.44 bits per heavy atom. The molecule has 1 aliphatic carbocycles. The monoisotopic (exact) mass is 286 g/mol. The van der Waals surface area contributed by atoms with Gasteiger partial charge in [0.05, 0.1) is 16.4 Å². The minimum absolute atomic E-state index is 0.565. The molecule has 4 heteroatoms. The second-order valence-electron chi connectivity index (χ2n) is 5.35. The van der Waals surface area contributed by atoms with Gasteiger partial charge in [0.25, 0.3) is 0 Å². The third kappa shape index (κ3) is 2.05. The number of rotatable bonds is 1. The number of nitrogens with zero attached hydrogens (tertiary/aromatic N) is 2. The van der Waals surface area contributed by atoms with Gasteiger partial charge in [0.15, 0.2) is 0 Å². The summed E-state index contributed by atoms with van der Waals surface area (Å²) in [5.41, 5.74) is 0.201. The molecule has 0 aromatic carbocycles. The highest BCUT2D eigenvalue weighted by Gasteiger charge is 2.40. The lowest BCUT2D eigenvalue weighted by molar-refractivity contribution is -0.0430. The van der Waals surface area contributed by atoms with Crippen molar-refractivity contribution < 1.29 is 5.11 Å². The first kappa shape index (κ1) is 12.1. The molecule has 0 amide bonds. The maximum absolute atomic E-state index is 10.8. The zero-order valence-corrected chi connectivity index (χ0v) is 11.7. The first-order chi connectivity index (χ1) is 7.42. The van der Waals surface area contributed by atoms with Crippen molar-refractivity contribution in [3.8, 4) is 0 Å². The summed E-state index contributed by atoms with van der Waals surface area (Å²) in [5.74, 6) is 1.13. The van der Waals surface area contributed by atoms with E-state index in [0.717, 1.165) is 23.0 Å². The molecular formula is C12H19BrN2O. The smallest absolute Gasteiger partial charge is 0.108 e. The molecule has 1 aromatic heterocycles. The van der Waals surface area contributed by atoms with Crippen LogP contribution in [0.25, 0.3) is 0 Å². The van der Waals surface area contributed by atoms with E-state index in [2.05, 4.69) is 34.9 Å². The molecule has 1 heterocycles. The van der Waals surface area contributed by atoms with Crippen molar-refractivity contribution in [2.75, 3.05) is 0 Å². The predicted octanol–water partition coefficient (Wildman–Crippen LogP) is 2.83. The van der Waals surface area contributed by atoms with Gasteiger partial charge >= 0.3 is 0 Å². The third-order valence-electron chi connectivity index (χ3n) is 3.51. The number of halogens is 1. The Morgan fingerprint density at radius 2 is 2.00 bits per heavy atom. The van der Waals surface area contributed by atoms with E-state index in [0.29, 0.717) is 11.8 Å². The molecular weight excluding hydrogens is 268 g/mol. The Hall–Kier alpha value is -0.350. The van der Waals surface area contributed by atoms with Crippen molar-refractivity contribution in [3.05, 3.63) is 16.4 Å². The molecule has 0 radical (unpaired) electrons. The van der Waals surface area contributed by atoms with Crippen LogP contribution in [0.15, 0.2) is 10.7 Å². The van der Waals surface area contributed by atoms with Crippen LogP contribution in [0.4, 0.5) is 0 Å². The predicted molar refractivity (Wildman–Crippen MR) is 67.0 cm³/mol. The fraction of sp³-hybridized carbons (Fsp3) is 0.750. The Bertz CT molecular complexity index is 359. The molecule has 2 unspecified atom stereocenters. The topological polar surface area (TPSA) is 38.1 Å². The van der Waals surface area contributed by atoms with Gasteiger partial charge < -0.3 is 5.11 Å². The normalized spacial score (nSPS) is 35.3. The average Bonchev–Trinajstić information content (AvgIpc) is 2.43. The van der Waals surface area contributed by atoms with Crippen LogP contribution in [-0.2, 0) is 12.6 Å². The molecule has 2 rings (SSSR count). The van der Waals surface area contributed by atoms with Gasteiger partial charge in [0.2, 0.25) is 0 Å². The first-order valence-corrected chi connectivity index (χ1v) is 6.62. The Balaban J connectivity index is 2.37. The van der Waals surface area contributed by atoms with E-state index in [1.54, 1.807) is 10.9 Å². The molecule has 2 atom stereocenters. The summed E-state index contributed by atoms with van der Waals surface area (Å²) >= 11 is 3.48. The van der Waals surface area contributed by atoms with Gasteiger partial charge in [0.1, 0.15) is 5.60 Å². The number of aryl methyl sites for hydroxylation is 1. The van der Waals surface area contributed by atoms with E-state index in [-0.39, 0.29) is 0 Å². The van der Waals surface area contributed by atoms with Gasteiger partial charge in [-0.05, 0) is 47.0 Å². The molecule has 0 spiro atoms. The van der Waals surface area contributed by atoms with Gasteiger partial charge in [-0.15, -0.1) is 0 Å². The van der Waals surface area contributed by atoms with Gasteiger partial charge in [-0.2, -0.15) is 5.10 Å². The molecule has 16 heavy (non-hydrogen) atoms. The van der Waals surface area contributed by atoms with Crippen LogP contribution in [-0.4, -0.2) is 14.9 Å². The van der Waals surface area contributed by atoms with E-state index in [9.17, 15) is 5.11 Å². The lowest BCUT2D eigenvalue weighted by Crippen LogP contribution is -2.37. The van der Waals surface area contributed by atoms with E-state index in [1.165, 1.54) is 6.42 Å². The SMILES string of the molecule is CC1CC(C)CC(O)(c2c(Br)cnn2C)C1. The van der Waals surface area contributed by atoms with Crippen LogP contribution in [0.3, 0.4) is 0 Å². The van der Waals surface area contributed by atoms with Crippen molar-refractivity contribution >= 4 is 15.9 Å². The van der Waals surface area contributed by atoms with E-state index >= 15 is 0 Å². The summed E-state index contributed by atoms with van der Waals surface area (Å²) in [5, 5.41) is 15.0. The van der Waals surface area contributed by atoms with Crippen LogP contribution in [0.5, 0.6) is 0 Å². The maximum atomic E-state index is 10.8. The Labute approximate surface area is 105 Å². The molecule has 90 valence electrons. The quantitative estimate of drug-likeness (QED) is 0.862.